The third kappa shape index (κ3) is 6.03. The molecule has 1 unspecified atom stereocenters. The molecule has 0 bridgehead atoms. The van der Waals surface area contributed by atoms with Crippen molar-refractivity contribution in [1.82, 2.24) is 20.4 Å². The topological polar surface area (TPSA) is 78.0 Å². The summed E-state index contributed by atoms with van der Waals surface area (Å²) >= 11 is 0. The van der Waals surface area contributed by atoms with Gasteiger partial charge in [-0.05, 0) is 55.8 Å². The summed E-state index contributed by atoms with van der Waals surface area (Å²) in [5, 5.41) is 19.8. The number of nitriles is 1. The number of benzene rings is 2. The Hall–Kier alpha value is -2.93. The summed E-state index contributed by atoms with van der Waals surface area (Å²) in [7, 11) is 0. The van der Waals surface area contributed by atoms with Crippen molar-refractivity contribution in [1.29, 1.82) is 5.26 Å². The maximum atomic E-state index is 14.0. The van der Waals surface area contributed by atoms with Crippen LogP contribution in [-0.4, -0.2) is 22.3 Å². The van der Waals surface area contributed by atoms with Gasteiger partial charge in [0.25, 0.3) is 0 Å². The Bertz CT molecular complexity index is 1030. The van der Waals surface area contributed by atoms with Gasteiger partial charge in [0.05, 0.1) is 29.9 Å². The lowest BCUT2D eigenvalue weighted by atomic mass is 10.1. The molecule has 3 rings (SSSR count). The first-order valence-corrected chi connectivity index (χ1v) is 9.44. The largest absolute Gasteiger partial charge is 0.357 e. The highest BCUT2D eigenvalue weighted by Crippen LogP contribution is 2.17. The third-order valence-electron chi connectivity index (χ3n) is 4.42. The van der Waals surface area contributed by atoms with Gasteiger partial charge in [0.15, 0.2) is 5.96 Å². The molecule has 2 aromatic carbocycles. The van der Waals surface area contributed by atoms with E-state index in [1.807, 2.05) is 50.4 Å². The number of guanidine groups is 1. The molecule has 0 aliphatic carbocycles. The van der Waals surface area contributed by atoms with Crippen molar-refractivity contribution in [3.05, 3.63) is 83.4 Å². The zero-order valence-corrected chi connectivity index (χ0v) is 19.2. The molecule has 30 heavy (non-hydrogen) atoms. The molecule has 3 aromatic rings. The van der Waals surface area contributed by atoms with E-state index >= 15 is 0 Å². The minimum absolute atomic E-state index is 0. The van der Waals surface area contributed by atoms with E-state index in [-0.39, 0.29) is 42.4 Å². The van der Waals surface area contributed by atoms with Crippen molar-refractivity contribution in [3.63, 3.8) is 0 Å². The molecule has 0 aliphatic heterocycles. The van der Waals surface area contributed by atoms with E-state index in [2.05, 4.69) is 26.8 Å². The molecule has 2 N–H and O–H groups in total. The summed E-state index contributed by atoms with van der Waals surface area (Å²) in [6.07, 6.45) is 3.64. The minimum atomic E-state index is -0.372. The molecule has 1 heterocycles. The van der Waals surface area contributed by atoms with Crippen LogP contribution in [0.3, 0.4) is 0 Å². The van der Waals surface area contributed by atoms with E-state index < -0.39 is 0 Å². The lowest BCUT2D eigenvalue weighted by Gasteiger charge is -2.19. The maximum Gasteiger partial charge on any atom is 0.192 e. The van der Waals surface area contributed by atoms with Crippen molar-refractivity contribution in [3.8, 4) is 11.8 Å². The predicted molar refractivity (Wildman–Crippen MR) is 126 cm³/mol. The highest BCUT2D eigenvalue weighted by atomic mass is 127. The van der Waals surface area contributed by atoms with Gasteiger partial charge < -0.3 is 10.6 Å². The van der Waals surface area contributed by atoms with Gasteiger partial charge in [0, 0.05) is 24.5 Å². The number of nitrogens with one attached hydrogen (secondary N) is 2. The Morgan fingerprint density at radius 1 is 1.27 bits per heavy atom. The van der Waals surface area contributed by atoms with Crippen LogP contribution in [-0.2, 0) is 6.54 Å². The molecule has 156 valence electrons. The van der Waals surface area contributed by atoms with Gasteiger partial charge in [0.2, 0.25) is 0 Å². The molecule has 0 radical (unpaired) electrons. The quantitative estimate of drug-likeness (QED) is 0.290. The summed E-state index contributed by atoms with van der Waals surface area (Å²) in [4.78, 5) is 4.49. The molecular formula is C22H24FIN6. The van der Waals surface area contributed by atoms with E-state index in [1.54, 1.807) is 10.9 Å². The lowest BCUT2D eigenvalue weighted by molar-refractivity contribution is 0.609. The van der Waals surface area contributed by atoms with Crippen LogP contribution in [0.15, 0.2) is 65.9 Å². The SMILES string of the molecule is CCNC(=NCc1cc(C#N)ccc1F)NC(C)c1cccc(-n2cccn2)c1.I. The van der Waals surface area contributed by atoms with Crippen molar-refractivity contribution in [2.75, 3.05) is 6.54 Å². The molecule has 8 heteroatoms. The summed E-state index contributed by atoms with van der Waals surface area (Å²) in [5.74, 6) is 0.204. The first-order chi connectivity index (χ1) is 14.1. The van der Waals surface area contributed by atoms with Crippen LogP contribution in [0.25, 0.3) is 5.69 Å². The first kappa shape index (κ1) is 23.3. The van der Waals surface area contributed by atoms with Crippen molar-refractivity contribution < 1.29 is 4.39 Å². The Kier molecular flexibility index (Phi) is 8.80. The van der Waals surface area contributed by atoms with Crippen LogP contribution in [0.1, 0.15) is 36.6 Å². The van der Waals surface area contributed by atoms with E-state index in [0.29, 0.717) is 23.6 Å². The lowest BCUT2D eigenvalue weighted by Crippen LogP contribution is -2.38. The van der Waals surface area contributed by atoms with E-state index in [9.17, 15) is 4.39 Å². The smallest absolute Gasteiger partial charge is 0.192 e. The highest BCUT2D eigenvalue weighted by molar-refractivity contribution is 14.0. The monoisotopic (exact) mass is 518 g/mol. The Balaban J connectivity index is 0.00000320. The second kappa shape index (κ2) is 11.3. The van der Waals surface area contributed by atoms with Gasteiger partial charge in [-0.25, -0.2) is 14.1 Å². The second-order valence-corrected chi connectivity index (χ2v) is 6.52. The van der Waals surface area contributed by atoms with Crippen LogP contribution in [0.4, 0.5) is 4.39 Å². The second-order valence-electron chi connectivity index (χ2n) is 6.52. The van der Waals surface area contributed by atoms with E-state index in [4.69, 9.17) is 5.26 Å². The number of halogens is 2. The van der Waals surface area contributed by atoms with Crippen LogP contribution in [0.5, 0.6) is 0 Å². The summed E-state index contributed by atoms with van der Waals surface area (Å²) in [5.41, 5.74) is 2.84. The zero-order chi connectivity index (χ0) is 20.6. The molecule has 1 aromatic heterocycles. The van der Waals surface area contributed by atoms with Crippen LogP contribution < -0.4 is 10.6 Å². The standard InChI is InChI=1S/C22H23FN6.HI/c1-3-25-22(26-15-19-12-17(14-24)8-9-21(19)23)28-16(2)18-6-4-7-20(13-18)29-11-5-10-27-29;/h4-13,16H,3,15H2,1-2H3,(H2,25,26,28);1H. The normalized spacial score (nSPS) is 11.9. The fourth-order valence-electron chi connectivity index (χ4n) is 2.90. The number of rotatable bonds is 6. The molecule has 6 nitrogen and oxygen atoms in total. The van der Waals surface area contributed by atoms with Gasteiger partial charge in [0.1, 0.15) is 5.82 Å². The Labute approximate surface area is 192 Å². The van der Waals surface area contributed by atoms with Crippen LogP contribution >= 0.6 is 24.0 Å². The fourth-order valence-corrected chi connectivity index (χ4v) is 2.90. The molecule has 0 saturated heterocycles. The van der Waals surface area contributed by atoms with Gasteiger partial charge in [-0.1, -0.05) is 12.1 Å². The van der Waals surface area contributed by atoms with Crippen LogP contribution in [0.2, 0.25) is 0 Å². The van der Waals surface area contributed by atoms with Crippen molar-refractivity contribution in [2.24, 2.45) is 4.99 Å². The first-order valence-electron chi connectivity index (χ1n) is 9.44. The van der Waals surface area contributed by atoms with E-state index in [0.717, 1.165) is 11.3 Å². The van der Waals surface area contributed by atoms with E-state index in [1.165, 1.54) is 18.2 Å². The summed E-state index contributed by atoms with van der Waals surface area (Å²) in [6.45, 7) is 4.81. The van der Waals surface area contributed by atoms with Gasteiger partial charge in [-0.15, -0.1) is 24.0 Å². The number of nitrogens with zero attached hydrogens (tertiary/aromatic N) is 4. The van der Waals surface area contributed by atoms with Crippen molar-refractivity contribution >= 4 is 29.9 Å². The number of aliphatic imine (C=N–C) groups is 1. The predicted octanol–water partition coefficient (Wildman–Crippen LogP) is 4.32. The maximum absolute atomic E-state index is 14.0. The average Bonchev–Trinajstić information content (AvgIpc) is 3.28. The molecule has 1 atom stereocenters. The molecule has 0 saturated carbocycles. The molecule has 0 aliphatic rings. The molecular weight excluding hydrogens is 494 g/mol. The third-order valence-corrected chi connectivity index (χ3v) is 4.42. The molecule has 0 amide bonds. The number of aromatic nitrogens is 2. The van der Waals surface area contributed by atoms with Gasteiger partial charge >= 0.3 is 0 Å². The van der Waals surface area contributed by atoms with Gasteiger partial charge in [-0.3, -0.25) is 0 Å². The Morgan fingerprint density at radius 2 is 2.10 bits per heavy atom. The fraction of sp³-hybridized carbons (Fsp3) is 0.227. The summed E-state index contributed by atoms with van der Waals surface area (Å²) in [6, 6.07) is 16.2. The number of hydrogen-bond donors (Lipinski definition) is 2. The molecule has 0 fully saturated rings. The zero-order valence-electron chi connectivity index (χ0n) is 16.8. The number of hydrogen-bond acceptors (Lipinski definition) is 3. The Morgan fingerprint density at radius 3 is 2.80 bits per heavy atom. The highest BCUT2D eigenvalue weighted by Gasteiger charge is 2.10. The minimum Gasteiger partial charge on any atom is -0.357 e. The summed E-state index contributed by atoms with van der Waals surface area (Å²) < 4.78 is 15.8. The van der Waals surface area contributed by atoms with Gasteiger partial charge in [-0.2, -0.15) is 10.4 Å². The van der Waals surface area contributed by atoms with Crippen LogP contribution in [0, 0.1) is 17.1 Å². The van der Waals surface area contributed by atoms with Crippen molar-refractivity contribution in [2.45, 2.75) is 26.4 Å². The molecule has 0 spiro atoms. The average molecular weight is 518 g/mol.